The van der Waals surface area contributed by atoms with E-state index in [2.05, 4.69) is 31.3 Å². The molecule has 5 nitrogen and oxygen atoms in total. The normalized spacial score (nSPS) is 11.1. The molecule has 25 heavy (non-hydrogen) atoms. The lowest BCUT2D eigenvalue weighted by Crippen LogP contribution is -1.99. The average molecular weight is 353 g/mol. The standard InChI is InChI=1S/C18H16FN5S/c1-11-2-16-13(8-22-17(16)21-5-11)4-15-10-24-18(25-15)23-7-12-3-14(19)9-20-6-12/h2-3,5-6,8-10H,4,7H2,1H3,(H,21,22)(H,23,24). The van der Waals surface area contributed by atoms with E-state index in [-0.39, 0.29) is 5.82 Å². The fourth-order valence-corrected chi connectivity index (χ4v) is 3.53. The average Bonchev–Trinajstić information content (AvgIpc) is 3.21. The SMILES string of the molecule is Cc1cnc2[nH]cc(Cc3cnc(NCc4cncc(F)c4)s3)c2c1. The van der Waals surface area contributed by atoms with Crippen molar-refractivity contribution in [3.05, 3.63) is 70.5 Å². The van der Waals surface area contributed by atoms with E-state index in [9.17, 15) is 4.39 Å². The first-order chi connectivity index (χ1) is 12.2. The molecule has 0 aliphatic carbocycles. The van der Waals surface area contributed by atoms with E-state index in [1.165, 1.54) is 17.8 Å². The molecule has 0 unspecified atom stereocenters. The number of hydrogen-bond acceptors (Lipinski definition) is 5. The van der Waals surface area contributed by atoms with Crippen molar-refractivity contribution in [2.45, 2.75) is 19.9 Å². The predicted molar refractivity (Wildman–Crippen MR) is 97.3 cm³/mol. The van der Waals surface area contributed by atoms with Crippen LogP contribution < -0.4 is 5.32 Å². The van der Waals surface area contributed by atoms with Crippen LogP contribution in [0.5, 0.6) is 0 Å². The molecule has 0 saturated carbocycles. The first-order valence-electron chi connectivity index (χ1n) is 7.88. The van der Waals surface area contributed by atoms with Gasteiger partial charge >= 0.3 is 0 Å². The molecular formula is C18H16FN5S. The third kappa shape index (κ3) is 3.51. The van der Waals surface area contributed by atoms with Crippen molar-refractivity contribution >= 4 is 27.5 Å². The molecule has 0 atom stereocenters. The van der Waals surface area contributed by atoms with E-state index in [1.54, 1.807) is 17.5 Å². The molecule has 0 amide bonds. The number of rotatable bonds is 5. The molecule has 0 aromatic carbocycles. The van der Waals surface area contributed by atoms with Gasteiger partial charge in [-0.25, -0.2) is 14.4 Å². The molecule has 7 heteroatoms. The van der Waals surface area contributed by atoms with E-state index < -0.39 is 0 Å². The number of pyridine rings is 2. The van der Waals surface area contributed by atoms with Crippen molar-refractivity contribution in [2.75, 3.05) is 5.32 Å². The third-order valence-electron chi connectivity index (χ3n) is 3.88. The minimum absolute atomic E-state index is 0.331. The van der Waals surface area contributed by atoms with Crippen LogP contribution in [0.2, 0.25) is 0 Å². The van der Waals surface area contributed by atoms with Gasteiger partial charge in [0.15, 0.2) is 5.13 Å². The fraction of sp³-hybridized carbons (Fsp3) is 0.167. The zero-order valence-electron chi connectivity index (χ0n) is 13.6. The maximum atomic E-state index is 13.2. The molecule has 4 heterocycles. The van der Waals surface area contributed by atoms with Crippen LogP contribution in [-0.2, 0) is 13.0 Å². The molecule has 0 aliphatic rings. The van der Waals surface area contributed by atoms with Crippen molar-refractivity contribution in [1.82, 2.24) is 19.9 Å². The van der Waals surface area contributed by atoms with Gasteiger partial charge < -0.3 is 10.3 Å². The molecule has 4 aromatic heterocycles. The topological polar surface area (TPSA) is 66.5 Å². The van der Waals surface area contributed by atoms with Crippen LogP contribution in [0.4, 0.5) is 9.52 Å². The monoisotopic (exact) mass is 353 g/mol. The van der Waals surface area contributed by atoms with Gasteiger partial charge in [-0.2, -0.15) is 0 Å². The minimum atomic E-state index is -0.331. The lowest BCUT2D eigenvalue weighted by Gasteiger charge is -2.02. The van der Waals surface area contributed by atoms with E-state index in [1.807, 2.05) is 25.5 Å². The maximum Gasteiger partial charge on any atom is 0.183 e. The second-order valence-corrected chi connectivity index (χ2v) is 7.01. The number of halogens is 1. The molecule has 0 fully saturated rings. The first-order valence-corrected chi connectivity index (χ1v) is 8.69. The molecule has 0 radical (unpaired) electrons. The number of nitrogens with zero attached hydrogens (tertiary/aromatic N) is 3. The van der Waals surface area contributed by atoms with Gasteiger partial charge in [0.25, 0.3) is 0 Å². The Morgan fingerprint density at radius 2 is 2.08 bits per heavy atom. The molecule has 126 valence electrons. The van der Waals surface area contributed by atoms with E-state index in [0.717, 1.165) is 38.6 Å². The summed E-state index contributed by atoms with van der Waals surface area (Å²) < 4.78 is 13.2. The molecule has 4 aromatic rings. The second-order valence-electron chi connectivity index (χ2n) is 5.90. The number of hydrogen-bond donors (Lipinski definition) is 2. The number of aromatic nitrogens is 4. The van der Waals surface area contributed by atoms with Crippen LogP contribution >= 0.6 is 11.3 Å². The lowest BCUT2D eigenvalue weighted by molar-refractivity contribution is 0.619. The molecule has 4 rings (SSSR count). The first kappa shape index (κ1) is 15.7. The Hall–Kier alpha value is -2.80. The summed E-state index contributed by atoms with van der Waals surface area (Å²) in [6, 6.07) is 3.61. The lowest BCUT2D eigenvalue weighted by atomic mass is 10.1. The van der Waals surface area contributed by atoms with Crippen molar-refractivity contribution in [3.8, 4) is 0 Å². The van der Waals surface area contributed by atoms with Crippen molar-refractivity contribution in [2.24, 2.45) is 0 Å². The van der Waals surface area contributed by atoms with Crippen LogP contribution in [0.3, 0.4) is 0 Å². The van der Waals surface area contributed by atoms with Gasteiger partial charge in [-0.15, -0.1) is 11.3 Å². The largest absolute Gasteiger partial charge is 0.357 e. The van der Waals surface area contributed by atoms with Gasteiger partial charge in [-0.3, -0.25) is 4.98 Å². The van der Waals surface area contributed by atoms with Gasteiger partial charge in [0.05, 0.1) is 6.20 Å². The summed E-state index contributed by atoms with van der Waals surface area (Å²) in [5, 5.41) is 5.18. The van der Waals surface area contributed by atoms with Gasteiger partial charge in [-0.05, 0) is 35.7 Å². The van der Waals surface area contributed by atoms with Gasteiger partial charge in [-0.1, -0.05) is 0 Å². The highest BCUT2D eigenvalue weighted by molar-refractivity contribution is 7.15. The molecule has 2 N–H and O–H groups in total. The molecule has 0 spiro atoms. The summed E-state index contributed by atoms with van der Waals surface area (Å²) in [5.74, 6) is -0.331. The third-order valence-corrected chi connectivity index (χ3v) is 4.83. The maximum absolute atomic E-state index is 13.2. The van der Waals surface area contributed by atoms with E-state index >= 15 is 0 Å². The van der Waals surface area contributed by atoms with E-state index in [4.69, 9.17) is 0 Å². The number of nitrogens with one attached hydrogen (secondary N) is 2. The number of anilines is 1. The van der Waals surface area contributed by atoms with Crippen LogP contribution in [0.25, 0.3) is 11.0 Å². The Bertz CT molecular complexity index is 1020. The summed E-state index contributed by atoms with van der Waals surface area (Å²) in [6.07, 6.45) is 9.38. The molecule has 0 bridgehead atoms. The Kier molecular flexibility index (Phi) is 4.15. The van der Waals surface area contributed by atoms with Crippen LogP contribution in [-0.4, -0.2) is 19.9 Å². The van der Waals surface area contributed by atoms with Crippen molar-refractivity contribution in [1.29, 1.82) is 0 Å². The van der Waals surface area contributed by atoms with Crippen LogP contribution in [0.1, 0.15) is 21.6 Å². The molecular weight excluding hydrogens is 337 g/mol. The van der Waals surface area contributed by atoms with E-state index in [0.29, 0.717) is 6.54 Å². The summed E-state index contributed by atoms with van der Waals surface area (Å²) >= 11 is 1.60. The fourth-order valence-electron chi connectivity index (χ4n) is 2.70. The summed E-state index contributed by atoms with van der Waals surface area (Å²) in [7, 11) is 0. The minimum Gasteiger partial charge on any atom is -0.357 e. The number of thiazole rings is 1. The number of fused-ring (bicyclic) bond motifs is 1. The zero-order chi connectivity index (χ0) is 17.2. The van der Waals surface area contributed by atoms with Gasteiger partial charge in [0.2, 0.25) is 0 Å². The zero-order valence-corrected chi connectivity index (χ0v) is 14.4. The highest BCUT2D eigenvalue weighted by Crippen LogP contribution is 2.25. The van der Waals surface area contributed by atoms with Crippen molar-refractivity contribution in [3.63, 3.8) is 0 Å². The summed E-state index contributed by atoms with van der Waals surface area (Å²) in [5.41, 5.74) is 4.04. The summed E-state index contributed by atoms with van der Waals surface area (Å²) in [4.78, 5) is 17.0. The Balaban J connectivity index is 1.46. The smallest absolute Gasteiger partial charge is 0.183 e. The summed E-state index contributed by atoms with van der Waals surface area (Å²) in [6.45, 7) is 2.53. The Morgan fingerprint density at radius 1 is 1.16 bits per heavy atom. The predicted octanol–water partition coefficient (Wildman–Crippen LogP) is 4.06. The van der Waals surface area contributed by atoms with Crippen molar-refractivity contribution < 1.29 is 4.39 Å². The number of aryl methyl sites for hydroxylation is 1. The quantitative estimate of drug-likeness (QED) is 0.568. The second kappa shape index (κ2) is 6.60. The van der Waals surface area contributed by atoms with Gasteiger partial charge in [0.1, 0.15) is 11.5 Å². The van der Waals surface area contributed by atoms with Gasteiger partial charge in [0, 0.05) is 48.0 Å². The van der Waals surface area contributed by atoms with Crippen LogP contribution in [0, 0.1) is 12.7 Å². The number of aromatic amines is 1. The highest BCUT2D eigenvalue weighted by atomic mass is 32.1. The van der Waals surface area contributed by atoms with Crippen LogP contribution in [0.15, 0.2) is 43.1 Å². The molecule has 0 saturated heterocycles. The Morgan fingerprint density at radius 3 is 2.96 bits per heavy atom. The number of H-pyrrole nitrogens is 1. The highest BCUT2D eigenvalue weighted by Gasteiger charge is 2.09. The molecule has 0 aliphatic heterocycles. The Labute approximate surface area is 148 Å².